The van der Waals surface area contributed by atoms with Crippen molar-refractivity contribution in [1.82, 2.24) is 15.1 Å². The Bertz CT molecular complexity index is 417. The standard InChI is InChI=1S/C13H22N4O/c1-9(2)11-10(14)12(16-15-11)13(18)17-7-5-3-4-6-8-17/h9H,3-8,14H2,1-2H3,(H,15,16). The number of anilines is 1. The van der Waals surface area contributed by atoms with Gasteiger partial charge in [-0.15, -0.1) is 0 Å². The Balaban J connectivity index is 2.17. The van der Waals surface area contributed by atoms with Crippen LogP contribution in [0.3, 0.4) is 0 Å². The van der Waals surface area contributed by atoms with Crippen molar-refractivity contribution in [3.8, 4) is 0 Å². The van der Waals surface area contributed by atoms with Crippen LogP contribution in [0.1, 0.15) is 61.6 Å². The fourth-order valence-electron chi connectivity index (χ4n) is 2.39. The molecule has 0 aromatic carbocycles. The molecule has 1 aromatic rings. The van der Waals surface area contributed by atoms with Crippen molar-refractivity contribution in [2.24, 2.45) is 0 Å². The van der Waals surface area contributed by atoms with Gasteiger partial charge in [-0.3, -0.25) is 9.89 Å². The summed E-state index contributed by atoms with van der Waals surface area (Å²) in [7, 11) is 0. The van der Waals surface area contributed by atoms with Gasteiger partial charge < -0.3 is 10.6 Å². The minimum absolute atomic E-state index is 0.0300. The molecule has 0 unspecified atom stereocenters. The zero-order chi connectivity index (χ0) is 13.1. The van der Waals surface area contributed by atoms with Gasteiger partial charge in [0.2, 0.25) is 0 Å². The number of aromatic amines is 1. The third-order valence-electron chi connectivity index (χ3n) is 3.51. The van der Waals surface area contributed by atoms with E-state index in [0.29, 0.717) is 11.4 Å². The summed E-state index contributed by atoms with van der Waals surface area (Å²) in [5.74, 6) is 0.223. The van der Waals surface area contributed by atoms with Crippen LogP contribution in [-0.2, 0) is 0 Å². The van der Waals surface area contributed by atoms with Crippen LogP contribution in [-0.4, -0.2) is 34.1 Å². The zero-order valence-electron chi connectivity index (χ0n) is 11.2. The summed E-state index contributed by atoms with van der Waals surface area (Å²) < 4.78 is 0. The van der Waals surface area contributed by atoms with Crippen molar-refractivity contribution in [2.45, 2.75) is 45.4 Å². The highest BCUT2D eigenvalue weighted by Gasteiger charge is 2.24. The lowest BCUT2D eigenvalue weighted by Crippen LogP contribution is -2.32. The minimum atomic E-state index is -0.0300. The summed E-state index contributed by atoms with van der Waals surface area (Å²) in [5.41, 5.74) is 7.77. The maximum absolute atomic E-state index is 12.4. The van der Waals surface area contributed by atoms with Gasteiger partial charge in [0.25, 0.3) is 5.91 Å². The van der Waals surface area contributed by atoms with Gasteiger partial charge in [0, 0.05) is 13.1 Å². The smallest absolute Gasteiger partial charge is 0.276 e. The maximum Gasteiger partial charge on any atom is 0.276 e. The van der Waals surface area contributed by atoms with Gasteiger partial charge in [0.1, 0.15) is 0 Å². The van der Waals surface area contributed by atoms with E-state index in [1.165, 1.54) is 12.8 Å². The first-order chi connectivity index (χ1) is 8.61. The fraction of sp³-hybridized carbons (Fsp3) is 0.692. The number of nitrogens with two attached hydrogens (primary N) is 1. The highest BCUT2D eigenvalue weighted by atomic mass is 16.2. The van der Waals surface area contributed by atoms with Gasteiger partial charge in [-0.1, -0.05) is 26.7 Å². The van der Waals surface area contributed by atoms with Crippen LogP contribution >= 0.6 is 0 Å². The summed E-state index contributed by atoms with van der Waals surface area (Å²) in [4.78, 5) is 14.3. The van der Waals surface area contributed by atoms with Crippen LogP contribution in [0.25, 0.3) is 0 Å². The third-order valence-corrected chi connectivity index (χ3v) is 3.51. The summed E-state index contributed by atoms with van der Waals surface area (Å²) in [6, 6.07) is 0. The second kappa shape index (κ2) is 5.42. The molecule has 1 saturated heterocycles. The number of aromatic nitrogens is 2. The highest BCUT2D eigenvalue weighted by Crippen LogP contribution is 2.23. The van der Waals surface area contributed by atoms with Gasteiger partial charge >= 0.3 is 0 Å². The number of H-pyrrole nitrogens is 1. The summed E-state index contributed by atoms with van der Waals surface area (Å²) in [5, 5.41) is 6.99. The Morgan fingerprint density at radius 1 is 1.28 bits per heavy atom. The van der Waals surface area contributed by atoms with Gasteiger partial charge in [-0.05, 0) is 18.8 Å². The Hall–Kier alpha value is -1.52. The number of amides is 1. The fourth-order valence-corrected chi connectivity index (χ4v) is 2.39. The first-order valence-electron chi connectivity index (χ1n) is 6.74. The maximum atomic E-state index is 12.4. The minimum Gasteiger partial charge on any atom is -0.395 e. The van der Waals surface area contributed by atoms with Crippen LogP contribution in [0, 0.1) is 0 Å². The topological polar surface area (TPSA) is 75.0 Å². The first-order valence-corrected chi connectivity index (χ1v) is 6.74. The van der Waals surface area contributed by atoms with Crippen molar-refractivity contribution in [1.29, 1.82) is 0 Å². The highest BCUT2D eigenvalue weighted by molar-refractivity contribution is 5.97. The van der Waals surface area contributed by atoms with Crippen molar-refractivity contribution in [3.05, 3.63) is 11.4 Å². The predicted molar refractivity (Wildman–Crippen MR) is 71.5 cm³/mol. The molecule has 1 fully saturated rings. The lowest BCUT2D eigenvalue weighted by molar-refractivity contribution is 0.0757. The molecule has 100 valence electrons. The predicted octanol–water partition coefficient (Wildman–Crippen LogP) is 2.13. The Labute approximate surface area is 108 Å². The molecule has 5 nitrogen and oxygen atoms in total. The Kier molecular flexibility index (Phi) is 3.89. The molecule has 0 saturated carbocycles. The number of likely N-dealkylation sites (tertiary alicyclic amines) is 1. The molecule has 3 N–H and O–H groups in total. The molecule has 2 rings (SSSR count). The number of nitrogens with one attached hydrogen (secondary N) is 1. The van der Waals surface area contributed by atoms with Gasteiger partial charge in [0.15, 0.2) is 5.69 Å². The van der Waals surface area contributed by atoms with Crippen molar-refractivity contribution in [3.63, 3.8) is 0 Å². The second-order valence-corrected chi connectivity index (χ2v) is 5.26. The molecule has 2 heterocycles. The second-order valence-electron chi connectivity index (χ2n) is 5.26. The lowest BCUT2D eigenvalue weighted by atomic mass is 10.1. The summed E-state index contributed by atoms with van der Waals surface area (Å²) >= 11 is 0. The monoisotopic (exact) mass is 250 g/mol. The van der Waals surface area contributed by atoms with Crippen LogP contribution in [0.2, 0.25) is 0 Å². The SMILES string of the molecule is CC(C)c1[nH]nc(C(=O)N2CCCCCC2)c1N. The number of nitrogen functional groups attached to an aromatic ring is 1. The number of rotatable bonds is 2. The number of hydrogen-bond donors (Lipinski definition) is 2. The Morgan fingerprint density at radius 2 is 1.89 bits per heavy atom. The largest absolute Gasteiger partial charge is 0.395 e. The van der Waals surface area contributed by atoms with E-state index in [0.717, 1.165) is 31.6 Å². The van der Waals surface area contributed by atoms with E-state index < -0.39 is 0 Å². The molecule has 0 aliphatic carbocycles. The lowest BCUT2D eigenvalue weighted by Gasteiger charge is -2.19. The molecule has 0 bridgehead atoms. The van der Waals surface area contributed by atoms with E-state index in [4.69, 9.17) is 5.73 Å². The van der Waals surface area contributed by atoms with Crippen LogP contribution in [0.5, 0.6) is 0 Å². The van der Waals surface area contributed by atoms with Crippen LogP contribution in [0.15, 0.2) is 0 Å². The molecule has 5 heteroatoms. The van der Waals surface area contributed by atoms with Crippen LogP contribution in [0.4, 0.5) is 5.69 Å². The van der Waals surface area contributed by atoms with Crippen molar-refractivity contribution < 1.29 is 4.79 Å². The molecule has 0 atom stereocenters. The molecular formula is C13H22N4O. The van der Waals surface area contributed by atoms with Crippen LogP contribution < -0.4 is 5.73 Å². The summed E-state index contributed by atoms with van der Waals surface area (Å²) in [6.07, 6.45) is 4.56. The van der Waals surface area contributed by atoms with Gasteiger partial charge in [-0.25, -0.2) is 0 Å². The third kappa shape index (κ3) is 2.49. The van der Waals surface area contributed by atoms with Gasteiger partial charge in [0.05, 0.1) is 11.4 Å². The van der Waals surface area contributed by atoms with Crippen molar-refractivity contribution in [2.75, 3.05) is 18.8 Å². The van der Waals surface area contributed by atoms with E-state index in [1.54, 1.807) is 0 Å². The first kappa shape index (κ1) is 12.9. The average molecular weight is 250 g/mol. The molecule has 0 radical (unpaired) electrons. The van der Waals surface area contributed by atoms with E-state index in [9.17, 15) is 4.79 Å². The summed E-state index contributed by atoms with van der Waals surface area (Å²) in [6.45, 7) is 5.71. The molecule has 1 aliphatic heterocycles. The van der Waals surface area contributed by atoms with E-state index in [1.807, 2.05) is 18.7 Å². The van der Waals surface area contributed by atoms with Crippen molar-refractivity contribution >= 4 is 11.6 Å². The number of hydrogen-bond acceptors (Lipinski definition) is 3. The van der Waals surface area contributed by atoms with E-state index in [-0.39, 0.29) is 11.8 Å². The number of carbonyl (C=O) groups excluding carboxylic acids is 1. The van der Waals surface area contributed by atoms with E-state index >= 15 is 0 Å². The quantitative estimate of drug-likeness (QED) is 0.844. The van der Waals surface area contributed by atoms with E-state index in [2.05, 4.69) is 10.2 Å². The molecular weight excluding hydrogens is 228 g/mol. The molecule has 18 heavy (non-hydrogen) atoms. The molecule has 1 amide bonds. The molecule has 1 aromatic heterocycles. The normalized spacial score (nSPS) is 16.9. The van der Waals surface area contributed by atoms with Gasteiger partial charge in [-0.2, -0.15) is 5.10 Å². The number of nitrogens with zero attached hydrogens (tertiary/aromatic N) is 2. The Morgan fingerprint density at radius 3 is 2.39 bits per heavy atom. The number of carbonyl (C=O) groups is 1. The molecule has 1 aliphatic rings. The molecule has 0 spiro atoms. The zero-order valence-corrected chi connectivity index (χ0v) is 11.2. The average Bonchev–Trinajstić information content (AvgIpc) is 2.56.